The maximum Gasteiger partial charge on any atom is 0.0798 e. The average Bonchev–Trinajstić information content (AvgIpc) is 3.03. The molecule has 3 rings (SSSR count). The Labute approximate surface area is 113 Å². The van der Waals surface area contributed by atoms with Crippen LogP contribution >= 0.6 is 23.7 Å². The quantitative estimate of drug-likeness (QED) is 0.919. The third-order valence-corrected chi connectivity index (χ3v) is 4.47. The highest BCUT2D eigenvalue weighted by molar-refractivity contribution is 7.09. The highest BCUT2D eigenvalue weighted by Gasteiger charge is 2.29. The van der Waals surface area contributed by atoms with Crippen LogP contribution in [-0.4, -0.2) is 29.0 Å². The maximum atomic E-state index is 5.92. The molecule has 0 bridgehead atoms. The molecule has 1 aliphatic carbocycles. The Kier molecular flexibility index (Phi) is 4.42. The smallest absolute Gasteiger partial charge is 0.0798 e. The van der Waals surface area contributed by atoms with E-state index in [-0.39, 0.29) is 12.4 Å². The molecule has 1 aliphatic heterocycles. The van der Waals surface area contributed by atoms with Gasteiger partial charge >= 0.3 is 0 Å². The summed E-state index contributed by atoms with van der Waals surface area (Å²) in [5.41, 5.74) is 9.32. The molecule has 2 heterocycles. The number of hydrogen-bond acceptors (Lipinski definition) is 4. The Morgan fingerprint density at radius 2 is 2.00 bits per heavy atom. The number of nitrogens with two attached hydrogens (primary N) is 1. The first-order valence-electron chi connectivity index (χ1n) is 6.23. The molecular weight excluding hydrogens is 254 g/mol. The van der Waals surface area contributed by atoms with Crippen LogP contribution in [0.25, 0.3) is 0 Å². The van der Waals surface area contributed by atoms with Gasteiger partial charge in [0.15, 0.2) is 0 Å². The second kappa shape index (κ2) is 5.65. The lowest BCUT2D eigenvalue weighted by molar-refractivity contribution is 0.206. The van der Waals surface area contributed by atoms with E-state index in [1.165, 1.54) is 23.4 Å². The molecule has 0 atom stereocenters. The van der Waals surface area contributed by atoms with E-state index >= 15 is 0 Å². The van der Waals surface area contributed by atoms with Gasteiger partial charge in [0.25, 0.3) is 0 Å². The van der Waals surface area contributed by atoms with Crippen LogP contribution < -0.4 is 5.73 Å². The van der Waals surface area contributed by atoms with E-state index in [9.17, 15) is 0 Å². The molecule has 2 N–H and O–H groups in total. The van der Waals surface area contributed by atoms with Crippen molar-refractivity contribution in [3.8, 4) is 0 Å². The van der Waals surface area contributed by atoms with Gasteiger partial charge in [0.1, 0.15) is 0 Å². The molecule has 1 aromatic heterocycles. The van der Waals surface area contributed by atoms with Crippen LogP contribution in [0.3, 0.4) is 0 Å². The fourth-order valence-corrected chi connectivity index (χ4v) is 3.29. The number of rotatable bonds is 3. The average molecular weight is 274 g/mol. The van der Waals surface area contributed by atoms with Gasteiger partial charge in [-0.1, -0.05) is 0 Å². The molecule has 0 amide bonds. The number of nitrogens with zero attached hydrogens (tertiary/aromatic N) is 2. The molecule has 5 heteroatoms. The van der Waals surface area contributed by atoms with E-state index < -0.39 is 0 Å². The van der Waals surface area contributed by atoms with Crippen molar-refractivity contribution >= 4 is 23.7 Å². The number of thiazole rings is 1. The van der Waals surface area contributed by atoms with Crippen LogP contribution in [0.2, 0.25) is 0 Å². The predicted molar refractivity (Wildman–Crippen MR) is 73.8 cm³/mol. The molecule has 0 spiro atoms. The summed E-state index contributed by atoms with van der Waals surface area (Å²) < 4.78 is 0. The molecule has 2 fully saturated rings. The highest BCUT2D eigenvalue weighted by Crippen LogP contribution is 2.42. The topological polar surface area (TPSA) is 42.1 Å². The van der Waals surface area contributed by atoms with Crippen LogP contribution in [0.15, 0.2) is 5.51 Å². The zero-order valence-corrected chi connectivity index (χ0v) is 11.6. The fourth-order valence-electron chi connectivity index (χ4n) is 2.40. The minimum atomic E-state index is 0. The fraction of sp³-hybridized carbons (Fsp3) is 0.750. The first-order valence-corrected chi connectivity index (χ1v) is 7.11. The zero-order chi connectivity index (χ0) is 11.0. The molecule has 2 aliphatic rings. The van der Waals surface area contributed by atoms with Crippen molar-refractivity contribution in [2.45, 2.75) is 44.2 Å². The zero-order valence-electron chi connectivity index (χ0n) is 9.97. The molecule has 0 radical (unpaired) electrons. The minimum absolute atomic E-state index is 0. The van der Waals surface area contributed by atoms with E-state index in [0.717, 1.165) is 38.4 Å². The molecule has 1 saturated carbocycles. The van der Waals surface area contributed by atoms with Crippen LogP contribution in [0.4, 0.5) is 0 Å². The summed E-state index contributed by atoms with van der Waals surface area (Å²) >= 11 is 1.83. The first kappa shape index (κ1) is 13.3. The molecule has 96 valence electrons. The van der Waals surface area contributed by atoms with Crippen LogP contribution in [0, 0.1) is 0 Å². The number of halogens is 1. The summed E-state index contributed by atoms with van der Waals surface area (Å²) in [4.78, 5) is 8.55. The Morgan fingerprint density at radius 1 is 1.29 bits per heavy atom. The van der Waals surface area contributed by atoms with E-state index in [0.29, 0.717) is 6.04 Å². The van der Waals surface area contributed by atoms with Gasteiger partial charge in [-0.25, -0.2) is 4.98 Å². The Morgan fingerprint density at radius 3 is 2.65 bits per heavy atom. The predicted octanol–water partition coefficient (Wildman–Crippen LogP) is 2.37. The first-order chi connectivity index (χ1) is 7.83. The van der Waals surface area contributed by atoms with Gasteiger partial charge in [-0.05, 0) is 38.8 Å². The summed E-state index contributed by atoms with van der Waals surface area (Å²) in [7, 11) is 0. The lowest BCUT2D eigenvalue weighted by Crippen LogP contribution is -2.39. The summed E-state index contributed by atoms with van der Waals surface area (Å²) in [6.45, 7) is 3.41. The lowest BCUT2D eigenvalue weighted by atomic mass is 10.1. The van der Waals surface area contributed by atoms with Crippen molar-refractivity contribution in [2.75, 3.05) is 13.1 Å². The normalized spacial score (nSPS) is 22.4. The summed E-state index contributed by atoms with van der Waals surface area (Å²) in [5.74, 6) is 0.785. The van der Waals surface area contributed by atoms with E-state index in [1.807, 2.05) is 16.8 Å². The van der Waals surface area contributed by atoms with Gasteiger partial charge < -0.3 is 5.73 Å². The summed E-state index contributed by atoms with van der Waals surface area (Å²) in [6.07, 6.45) is 5.00. The third kappa shape index (κ3) is 3.19. The third-order valence-electron chi connectivity index (χ3n) is 3.64. The minimum Gasteiger partial charge on any atom is -0.328 e. The number of likely N-dealkylation sites (tertiary alicyclic amines) is 1. The van der Waals surface area contributed by atoms with Gasteiger partial charge in [0.2, 0.25) is 0 Å². The molecular formula is C12H20ClN3S. The molecule has 0 aromatic carbocycles. The monoisotopic (exact) mass is 273 g/mol. The van der Waals surface area contributed by atoms with Crippen molar-refractivity contribution in [2.24, 2.45) is 5.73 Å². The maximum absolute atomic E-state index is 5.92. The number of hydrogen-bond donors (Lipinski definition) is 1. The Bertz CT molecular complexity index is 356. The van der Waals surface area contributed by atoms with E-state index in [2.05, 4.69) is 9.88 Å². The van der Waals surface area contributed by atoms with Crippen molar-refractivity contribution in [3.63, 3.8) is 0 Å². The van der Waals surface area contributed by atoms with Crippen molar-refractivity contribution in [1.82, 2.24) is 9.88 Å². The lowest BCUT2D eigenvalue weighted by Gasteiger charge is -2.29. The standard InChI is InChI=1S/C12H19N3S.ClH/c13-10-3-5-15(6-4-10)7-11-12(9-1-2-9)14-8-16-11;/h8-10H,1-7,13H2;1H. The molecule has 3 nitrogen and oxygen atoms in total. The molecule has 17 heavy (non-hydrogen) atoms. The van der Waals surface area contributed by atoms with E-state index in [1.54, 1.807) is 0 Å². The summed E-state index contributed by atoms with van der Waals surface area (Å²) in [6, 6.07) is 0.431. The highest BCUT2D eigenvalue weighted by atomic mass is 35.5. The number of piperidine rings is 1. The van der Waals surface area contributed by atoms with Gasteiger partial charge in [0, 0.05) is 23.4 Å². The molecule has 1 saturated heterocycles. The van der Waals surface area contributed by atoms with Crippen molar-refractivity contribution in [3.05, 3.63) is 16.1 Å². The Hall–Kier alpha value is -0.160. The van der Waals surface area contributed by atoms with Gasteiger partial charge in [0.05, 0.1) is 11.2 Å². The molecule has 0 unspecified atom stereocenters. The Balaban J connectivity index is 0.00000108. The van der Waals surface area contributed by atoms with Gasteiger partial charge in [-0.2, -0.15) is 0 Å². The SMILES string of the molecule is Cl.NC1CCN(Cc2scnc2C2CC2)CC1. The second-order valence-electron chi connectivity index (χ2n) is 5.05. The van der Waals surface area contributed by atoms with Crippen molar-refractivity contribution < 1.29 is 0 Å². The van der Waals surface area contributed by atoms with E-state index in [4.69, 9.17) is 5.73 Å². The number of aromatic nitrogens is 1. The van der Waals surface area contributed by atoms with Crippen LogP contribution in [0.1, 0.15) is 42.2 Å². The summed E-state index contributed by atoms with van der Waals surface area (Å²) in [5, 5.41) is 0. The van der Waals surface area contributed by atoms with Crippen LogP contribution in [-0.2, 0) is 6.54 Å². The van der Waals surface area contributed by atoms with Gasteiger partial charge in [-0.3, -0.25) is 4.90 Å². The largest absolute Gasteiger partial charge is 0.328 e. The van der Waals surface area contributed by atoms with Crippen molar-refractivity contribution in [1.29, 1.82) is 0 Å². The molecule has 1 aromatic rings. The second-order valence-corrected chi connectivity index (χ2v) is 5.99. The van der Waals surface area contributed by atoms with Gasteiger partial charge in [-0.15, -0.1) is 23.7 Å². The van der Waals surface area contributed by atoms with Crippen LogP contribution in [0.5, 0.6) is 0 Å².